The Kier molecular flexibility index (Phi) is 5.11. The molecule has 0 spiro atoms. The molecular formula is C19H24N3OS+. The average molecular weight is 342 g/mol. The van der Waals surface area contributed by atoms with Gasteiger partial charge in [-0.25, -0.2) is 0 Å². The lowest BCUT2D eigenvalue weighted by Gasteiger charge is -2.19. The van der Waals surface area contributed by atoms with Gasteiger partial charge in [-0.1, -0.05) is 44.2 Å². The maximum Gasteiger partial charge on any atom is 0.274 e. The number of benzene rings is 1. The molecule has 126 valence electrons. The molecule has 0 fully saturated rings. The molecule has 2 heterocycles. The fraction of sp³-hybridized carbons (Fsp3) is 0.368. The molecule has 24 heavy (non-hydrogen) atoms. The third-order valence-corrected chi connectivity index (χ3v) is 5.27. The van der Waals surface area contributed by atoms with Crippen molar-refractivity contribution >= 4 is 11.3 Å². The summed E-state index contributed by atoms with van der Waals surface area (Å²) in [6, 6.07) is 13.0. The van der Waals surface area contributed by atoms with E-state index in [0.29, 0.717) is 17.7 Å². The summed E-state index contributed by atoms with van der Waals surface area (Å²) in [5.41, 5.74) is 2.70. The Hall–Kier alpha value is -1.98. The van der Waals surface area contributed by atoms with Crippen LogP contribution in [0.4, 0.5) is 0 Å². The minimum absolute atomic E-state index is 0.149. The molecule has 2 atom stereocenters. The van der Waals surface area contributed by atoms with Crippen molar-refractivity contribution in [1.29, 1.82) is 0 Å². The van der Waals surface area contributed by atoms with Crippen LogP contribution in [0.1, 0.15) is 49.7 Å². The molecule has 5 heteroatoms. The van der Waals surface area contributed by atoms with E-state index >= 15 is 0 Å². The van der Waals surface area contributed by atoms with Crippen LogP contribution in [-0.4, -0.2) is 17.2 Å². The fourth-order valence-electron chi connectivity index (χ4n) is 2.62. The predicted molar refractivity (Wildman–Crippen MR) is 97.1 cm³/mol. The molecule has 1 aromatic carbocycles. The number of thiophene rings is 1. The van der Waals surface area contributed by atoms with Gasteiger partial charge in [0, 0.05) is 5.56 Å². The molecule has 0 amide bonds. The molecule has 0 aliphatic carbocycles. The minimum atomic E-state index is 0.149. The third kappa shape index (κ3) is 3.74. The van der Waals surface area contributed by atoms with E-state index in [1.54, 1.807) is 11.3 Å². The van der Waals surface area contributed by atoms with Crippen molar-refractivity contribution in [3.63, 3.8) is 0 Å². The number of rotatable bonds is 6. The summed E-state index contributed by atoms with van der Waals surface area (Å²) in [6.45, 7) is 7.49. The Morgan fingerprint density at radius 1 is 1.08 bits per heavy atom. The summed E-state index contributed by atoms with van der Waals surface area (Å²) in [5, 5.41) is 10.4. The Morgan fingerprint density at radius 2 is 1.83 bits per heavy atom. The van der Waals surface area contributed by atoms with Crippen LogP contribution in [0.5, 0.6) is 0 Å². The zero-order chi connectivity index (χ0) is 17.1. The molecule has 2 aromatic heterocycles. The van der Waals surface area contributed by atoms with Crippen molar-refractivity contribution in [3.05, 3.63) is 58.8 Å². The first kappa shape index (κ1) is 16.9. The van der Waals surface area contributed by atoms with Crippen molar-refractivity contribution in [3.8, 4) is 10.8 Å². The van der Waals surface area contributed by atoms with Gasteiger partial charge in [-0.3, -0.25) is 0 Å². The Balaban J connectivity index is 1.67. The van der Waals surface area contributed by atoms with Crippen molar-refractivity contribution in [1.82, 2.24) is 10.2 Å². The Labute approximate surface area is 147 Å². The van der Waals surface area contributed by atoms with Gasteiger partial charge < -0.3 is 9.32 Å². The van der Waals surface area contributed by atoms with E-state index in [0.717, 1.165) is 11.4 Å². The first-order valence-corrected chi connectivity index (χ1v) is 9.21. The highest BCUT2D eigenvalue weighted by Gasteiger charge is 2.22. The predicted octanol–water partition coefficient (Wildman–Crippen LogP) is 3.70. The highest BCUT2D eigenvalue weighted by molar-refractivity contribution is 7.13. The first-order chi connectivity index (χ1) is 11.5. The standard InChI is InChI=1S/C19H23N3OS/c1-13(2)16-9-7-15(8-10-16)12-22(4)14(3)18-20-21-19(23-18)17-6-5-11-24-17/h5-11,13-14H,12H2,1-4H3/p+1/t14-/m0/s1. The van der Waals surface area contributed by atoms with Crippen molar-refractivity contribution in [2.45, 2.75) is 39.3 Å². The van der Waals surface area contributed by atoms with Crippen LogP contribution in [0.15, 0.2) is 46.2 Å². The molecule has 4 nitrogen and oxygen atoms in total. The second-order valence-electron chi connectivity index (χ2n) is 6.56. The topological polar surface area (TPSA) is 43.4 Å². The van der Waals surface area contributed by atoms with E-state index < -0.39 is 0 Å². The first-order valence-electron chi connectivity index (χ1n) is 8.33. The number of aromatic nitrogens is 2. The van der Waals surface area contributed by atoms with Gasteiger partial charge >= 0.3 is 0 Å². The lowest BCUT2D eigenvalue weighted by atomic mass is 10.0. The molecule has 0 radical (unpaired) electrons. The van der Waals surface area contributed by atoms with Crippen molar-refractivity contribution in [2.24, 2.45) is 0 Å². The van der Waals surface area contributed by atoms with Gasteiger partial charge in [0.05, 0.1) is 11.9 Å². The minimum Gasteiger partial charge on any atom is -0.414 e. The molecule has 0 bridgehead atoms. The average Bonchev–Trinajstić information content (AvgIpc) is 3.25. The van der Waals surface area contributed by atoms with Crippen LogP contribution < -0.4 is 4.90 Å². The smallest absolute Gasteiger partial charge is 0.274 e. The summed E-state index contributed by atoms with van der Waals surface area (Å²) in [5.74, 6) is 1.87. The summed E-state index contributed by atoms with van der Waals surface area (Å²) in [4.78, 5) is 2.34. The van der Waals surface area contributed by atoms with Crippen LogP contribution in [-0.2, 0) is 6.54 Å². The summed E-state index contributed by atoms with van der Waals surface area (Å²) in [7, 11) is 2.16. The zero-order valence-electron chi connectivity index (χ0n) is 14.6. The van der Waals surface area contributed by atoms with E-state index in [-0.39, 0.29) is 6.04 Å². The SMILES string of the molecule is CC(C)c1ccc(C[NH+](C)[C@@H](C)c2nnc(-c3cccs3)o2)cc1. The fourth-order valence-corrected chi connectivity index (χ4v) is 3.26. The van der Waals surface area contributed by atoms with Crippen molar-refractivity contribution in [2.75, 3.05) is 7.05 Å². The van der Waals surface area contributed by atoms with Crippen molar-refractivity contribution < 1.29 is 9.32 Å². The molecule has 3 aromatic rings. The molecular weight excluding hydrogens is 318 g/mol. The third-order valence-electron chi connectivity index (χ3n) is 4.41. The molecule has 0 saturated heterocycles. The second-order valence-corrected chi connectivity index (χ2v) is 7.51. The van der Waals surface area contributed by atoms with E-state index in [9.17, 15) is 0 Å². The Morgan fingerprint density at radius 3 is 2.46 bits per heavy atom. The quantitative estimate of drug-likeness (QED) is 0.743. The van der Waals surface area contributed by atoms with Gasteiger partial charge in [-0.2, -0.15) is 0 Å². The van der Waals surface area contributed by atoms with Gasteiger partial charge in [0.2, 0.25) is 0 Å². The van der Waals surface area contributed by atoms with Crippen LogP contribution in [0.25, 0.3) is 10.8 Å². The van der Waals surface area contributed by atoms with Crippen LogP contribution >= 0.6 is 11.3 Å². The number of hydrogen-bond acceptors (Lipinski definition) is 4. The van der Waals surface area contributed by atoms with E-state index in [4.69, 9.17) is 4.42 Å². The van der Waals surface area contributed by atoms with E-state index in [1.807, 2.05) is 17.5 Å². The van der Waals surface area contributed by atoms with Gasteiger partial charge in [0.15, 0.2) is 6.04 Å². The molecule has 3 rings (SSSR count). The maximum absolute atomic E-state index is 5.87. The molecule has 0 aliphatic rings. The zero-order valence-corrected chi connectivity index (χ0v) is 15.4. The molecule has 1 N–H and O–H groups in total. The van der Waals surface area contributed by atoms with Crippen LogP contribution in [0.3, 0.4) is 0 Å². The molecule has 0 saturated carbocycles. The van der Waals surface area contributed by atoms with Gasteiger partial charge in [-0.05, 0) is 29.9 Å². The number of hydrogen-bond donors (Lipinski definition) is 1. The lowest BCUT2D eigenvalue weighted by Crippen LogP contribution is -3.07. The molecule has 1 unspecified atom stereocenters. The second kappa shape index (κ2) is 7.28. The van der Waals surface area contributed by atoms with Gasteiger partial charge in [-0.15, -0.1) is 21.5 Å². The normalized spacial score (nSPS) is 14.0. The van der Waals surface area contributed by atoms with Crippen LogP contribution in [0.2, 0.25) is 0 Å². The number of nitrogens with one attached hydrogen (secondary N) is 1. The van der Waals surface area contributed by atoms with Crippen LogP contribution in [0, 0.1) is 0 Å². The maximum atomic E-state index is 5.87. The van der Waals surface area contributed by atoms with E-state index in [2.05, 4.69) is 62.3 Å². The summed E-state index contributed by atoms with van der Waals surface area (Å²) in [6.07, 6.45) is 0. The lowest BCUT2D eigenvalue weighted by molar-refractivity contribution is -0.925. The number of quaternary nitrogens is 1. The molecule has 0 aliphatic heterocycles. The summed E-state index contributed by atoms with van der Waals surface area (Å²) < 4.78 is 5.87. The Bertz CT molecular complexity index is 762. The monoisotopic (exact) mass is 342 g/mol. The summed E-state index contributed by atoms with van der Waals surface area (Å²) >= 11 is 1.61. The van der Waals surface area contributed by atoms with Gasteiger partial charge in [0.25, 0.3) is 11.8 Å². The number of nitrogens with zero attached hydrogens (tertiary/aromatic N) is 2. The highest BCUT2D eigenvalue weighted by Crippen LogP contribution is 2.24. The largest absolute Gasteiger partial charge is 0.414 e. The van der Waals surface area contributed by atoms with E-state index in [1.165, 1.54) is 16.0 Å². The van der Waals surface area contributed by atoms with Gasteiger partial charge in [0.1, 0.15) is 6.54 Å². The highest BCUT2D eigenvalue weighted by atomic mass is 32.1.